The second-order valence-electron chi connectivity index (χ2n) is 7.15. The van der Waals surface area contributed by atoms with Gasteiger partial charge in [-0.2, -0.15) is 0 Å². The van der Waals surface area contributed by atoms with Crippen molar-refractivity contribution in [1.29, 1.82) is 0 Å². The molecular formula is C19H23N5O2S. The highest BCUT2D eigenvalue weighted by molar-refractivity contribution is 7.11. The van der Waals surface area contributed by atoms with Gasteiger partial charge < -0.3 is 9.80 Å². The first-order chi connectivity index (χ1) is 13.0. The molecule has 7 nitrogen and oxygen atoms in total. The number of Topliss-reactive ketones (excluding diaryl/α,β-unsaturated/α-hetero) is 1. The van der Waals surface area contributed by atoms with E-state index < -0.39 is 5.54 Å². The molecule has 0 saturated carbocycles. The highest BCUT2D eigenvalue weighted by atomic mass is 32.1. The number of fused-ring (bicyclic) bond motifs is 3. The number of rotatable bonds is 5. The number of ketones is 1. The Morgan fingerprint density at radius 1 is 1.37 bits per heavy atom. The van der Waals surface area contributed by atoms with Crippen LogP contribution in [0.2, 0.25) is 0 Å². The number of carbonyl (C=O) groups excluding carboxylic acids is 2. The van der Waals surface area contributed by atoms with Crippen LogP contribution in [-0.2, 0) is 11.2 Å². The fourth-order valence-corrected chi connectivity index (χ4v) is 4.95. The van der Waals surface area contributed by atoms with E-state index in [0.29, 0.717) is 10.8 Å². The number of likely N-dealkylation sites (N-methyl/N-ethyl adjacent to an activating group) is 1. The first-order valence-corrected chi connectivity index (χ1v) is 10.3. The third-order valence-corrected chi connectivity index (χ3v) is 6.67. The maximum Gasteiger partial charge on any atom is 0.252 e. The molecule has 2 aliphatic heterocycles. The summed E-state index contributed by atoms with van der Waals surface area (Å²) in [6, 6.07) is 0.277. The number of hydrogen-bond acceptors (Lipinski definition) is 7. The van der Waals surface area contributed by atoms with Gasteiger partial charge in [0, 0.05) is 24.7 Å². The standard InChI is InChI=1S/C19H23N5O2S/c1-4-12-6-7-19(5-2)18(26)23(3)13-11-21-15(22-16(13)24(12)19)10-14(25)17-20-8-9-27-17/h8-9,11-12H,4-7,10H2,1-3H3. The van der Waals surface area contributed by atoms with Crippen molar-refractivity contribution in [2.24, 2.45) is 0 Å². The molecule has 0 spiro atoms. The van der Waals surface area contributed by atoms with Gasteiger partial charge >= 0.3 is 0 Å². The van der Waals surface area contributed by atoms with E-state index in [1.165, 1.54) is 11.3 Å². The zero-order chi connectivity index (χ0) is 19.2. The van der Waals surface area contributed by atoms with Crippen molar-refractivity contribution in [3.8, 4) is 0 Å². The summed E-state index contributed by atoms with van der Waals surface area (Å²) in [6.07, 6.45) is 6.91. The lowest BCUT2D eigenvalue weighted by Gasteiger charge is -2.47. The number of thiazole rings is 1. The molecule has 2 unspecified atom stereocenters. The van der Waals surface area contributed by atoms with Crippen molar-refractivity contribution in [2.75, 3.05) is 16.8 Å². The van der Waals surface area contributed by atoms with E-state index in [4.69, 9.17) is 4.98 Å². The van der Waals surface area contributed by atoms with Gasteiger partial charge in [-0.25, -0.2) is 15.0 Å². The summed E-state index contributed by atoms with van der Waals surface area (Å²) in [5.74, 6) is 1.28. The monoisotopic (exact) mass is 385 g/mol. The zero-order valence-corrected chi connectivity index (χ0v) is 16.6. The molecule has 2 aromatic heterocycles. The van der Waals surface area contributed by atoms with Gasteiger partial charge in [0.25, 0.3) is 5.91 Å². The maximum atomic E-state index is 13.2. The van der Waals surface area contributed by atoms with Crippen molar-refractivity contribution in [3.05, 3.63) is 28.6 Å². The van der Waals surface area contributed by atoms with Gasteiger partial charge in [0.2, 0.25) is 0 Å². The first kappa shape index (κ1) is 18.0. The maximum absolute atomic E-state index is 13.2. The molecule has 2 aliphatic rings. The van der Waals surface area contributed by atoms with E-state index in [0.717, 1.165) is 37.2 Å². The Balaban J connectivity index is 1.75. The Labute approximate surface area is 162 Å². The topological polar surface area (TPSA) is 79.3 Å². The van der Waals surface area contributed by atoms with Crippen LogP contribution >= 0.6 is 11.3 Å². The van der Waals surface area contributed by atoms with E-state index in [1.54, 1.807) is 29.7 Å². The van der Waals surface area contributed by atoms with Crippen LogP contribution in [0.15, 0.2) is 17.8 Å². The van der Waals surface area contributed by atoms with Crippen LogP contribution in [0.4, 0.5) is 11.5 Å². The lowest BCUT2D eigenvalue weighted by molar-refractivity contribution is -0.123. The molecule has 0 bridgehead atoms. The van der Waals surface area contributed by atoms with Crippen LogP contribution in [-0.4, -0.2) is 45.3 Å². The second-order valence-corrected chi connectivity index (χ2v) is 8.05. The molecule has 1 saturated heterocycles. The minimum atomic E-state index is -0.534. The highest BCUT2D eigenvalue weighted by Gasteiger charge is 2.55. The SMILES string of the molecule is CCC1CCC2(CC)C(=O)N(C)c3cnc(CC(=O)c4nccs4)nc3N12. The minimum absolute atomic E-state index is 0.0830. The summed E-state index contributed by atoms with van der Waals surface area (Å²) in [5, 5.41) is 2.26. The van der Waals surface area contributed by atoms with E-state index >= 15 is 0 Å². The number of aromatic nitrogens is 3. The zero-order valence-electron chi connectivity index (χ0n) is 15.8. The summed E-state index contributed by atoms with van der Waals surface area (Å²) in [5.41, 5.74) is 0.183. The first-order valence-electron chi connectivity index (χ1n) is 9.38. The van der Waals surface area contributed by atoms with Gasteiger partial charge in [0.15, 0.2) is 16.6 Å². The van der Waals surface area contributed by atoms with Crippen LogP contribution in [0, 0.1) is 0 Å². The molecule has 4 rings (SSSR count). The fraction of sp³-hybridized carbons (Fsp3) is 0.526. The molecule has 1 amide bonds. The molecule has 0 aromatic carbocycles. The summed E-state index contributed by atoms with van der Waals surface area (Å²) < 4.78 is 0. The largest absolute Gasteiger partial charge is 0.337 e. The molecule has 0 N–H and O–H groups in total. The van der Waals surface area contributed by atoms with Gasteiger partial charge in [0.05, 0.1) is 12.6 Å². The molecule has 0 aliphatic carbocycles. The summed E-state index contributed by atoms with van der Waals surface area (Å²) in [7, 11) is 1.79. The Bertz CT molecular complexity index is 884. The molecule has 2 aromatic rings. The summed E-state index contributed by atoms with van der Waals surface area (Å²) >= 11 is 1.32. The van der Waals surface area contributed by atoms with E-state index in [-0.39, 0.29) is 24.2 Å². The quantitative estimate of drug-likeness (QED) is 0.737. The van der Waals surface area contributed by atoms with Crippen molar-refractivity contribution in [3.63, 3.8) is 0 Å². The Kier molecular flexibility index (Phi) is 4.46. The van der Waals surface area contributed by atoms with Crippen LogP contribution in [0.3, 0.4) is 0 Å². The summed E-state index contributed by atoms with van der Waals surface area (Å²) in [4.78, 5) is 42.7. The molecule has 142 valence electrons. The molecule has 1 fully saturated rings. The van der Waals surface area contributed by atoms with Crippen molar-refractivity contribution >= 4 is 34.5 Å². The molecule has 0 radical (unpaired) electrons. The predicted octanol–water partition coefficient (Wildman–Crippen LogP) is 2.86. The van der Waals surface area contributed by atoms with E-state index in [1.807, 2.05) is 0 Å². The van der Waals surface area contributed by atoms with Crippen molar-refractivity contribution < 1.29 is 9.59 Å². The van der Waals surface area contributed by atoms with E-state index in [2.05, 4.69) is 28.7 Å². The lowest BCUT2D eigenvalue weighted by atomic mass is 9.89. The number of anilines is 2. The van der Waals surface area contributed by atoms with Crippen LogP contribution < -0.4 is 9.80 Å². The van der Waals surface area contributed by atoms with E-state index in [9.17, 15) is 9.59 Å². The van der Waals surface area contributed by atoms with Gasteiger partial charge in [0.1, 0.15) is 17.1 Å². The molecule has 4 heterocycles. The average molecular weight is 385 g/mol. The van der Waals surface area contributed by atoms with Gasteiger partial charge in [-0.05, 0) is 25.7 Å². The average Bonchev–Trinajstić information content (AvgIpc) is 3.34. The normalized spacial score (nSPS) is 24.1. The second kappa shape index (κ2) is 6.67. The van der Waals surface area contributed by atoms with Gasteiger partial charge in [-0.15, -0.1) is 11.3 Å². The highest BCUT2D eigenvalue weighted by Crippen LogP contribution is 2.48. The van der Waals surface area contributed by atoms with Crippen LogP contribution in [0.5, 0.6) is 0 Å². The Morgan fingerprint density at radius 2 is 2.19 bits per heavy atom. The molecule has 27 heavy (non-hydrogen) atoms. The third kappa shape index (κ3) is 2.65. The van der Waals surface area contributed by atoms with Crippen LogP contribution in [0.1, 0.15) is 55.2 Å². The fourth-order valence-electron chi connectivity index (χ4n) is 4.38. The smallest absolute Gasteiger partial charge is 0.252 e. The predicted molar refractivity (Wildman–Crippen MR) is 104 cm³/mol. The Morgan fingerprint density at radius 3 is 2.85 bits per heavy atom. The molecular weight excluding hydrogens is 362 g/mol. The molecule has 8 heteroatoms. The summed E-state index contributed by atoms with van der Waals surface area (Å²) in [6.45, 7) is 4.21. The number of carbonyl (C=O) groups is 2. The van der Waals surface area contributed by atoms with Crippen LogP contribution in [0.25, 0.3) is 0 Å². The van der Waals surface area contributed by atoms with Gasteiger partial charge in [-0.3, -0.25) is 9.59 Å². The number of hydrogen-bond donors (Lipinski definition) is 0. The third-order valence-electron chi connectivity index (χ3n) is 5.86. The number of amides is 1. The lowest BCUT2D eigenvalue weighted by Crippen LogP contribution is -2.61. The van der Waals surface area contributed by atoms with Gasteiger partial charge in [-0.1, -0.05) is 13.8 Å². The molecule has 2 atom stereocenters. The van der Waals surface area contributed by atoms with Crippen molar-refractivity contribution in [1.82, 2.24) is 15.0 Å². The minimum Gasteiger partial charge on any atom is -0.337 e. The van der Waals surface area contributed by atoms with Crippen molar-refractivity contribution in [2.45, 2.75) is 57.5 Å². The number of nitrogens with zero attached hydrogens (tertiary/aromatic N) is 5. The Hall–Kier alpha value is -2.35.